The SMILES string of the molecule is Cc1ccc(OC[C@H]2O[C@@H](S)[C@H](OC(=O)c3ccccc3)[C@@H](OC(=O)c3ccccc3)[C@H]2Oc2ccc(C)cc2)cc1. The third kappa shape index (κ3) is 7.32. The monoisotopic (exact) mass is 584 g/mol. The van der Waals surface area contributed by atoms with Gasteiger partial charge < -0.3 is 23.7 Å². The Hall–Kier alpha value is -4.27. The van der Waals surface area contributed by atoms with Crippen molar-refractivity contribution < 1.29 is 33.3 Å². The molecule has 0 aliphatic carbocycles. The van der Waals surface area contributed by atoms with Gasteiger partial charge in [-0.2, -0.15) is 0 Å². The van der Waals surface area contributed by atoms with Gasteiger partial charge in [-0.15, -0.1) is 12.6 Å². The van der Waals surface area contributed by atoms with E-state index in [1.165, 1.54) is 0 Å². The van der Waals surface area contributed by atoms with Gasteiger partial charge in [-0.1, -0.05) is 71.8 Å². The van der Waals surface area contributed by atoms with Gasteiger partial charge in [0.25, 0.3) is 0 Å². The number of hydrogen-bond donors (Lipinski definition) is 1. The van der Waals surface area contributed by atoms with Gasteiger partial charge in [-0.3, -0.25) is 0 Å². The van der Waals surface area contributed by atoms with Gasteiger partial charge in [-0.05, 0) is 62.4 Å². The average Bonchev–Trinajstić information content (AvgIpc) is 3.01. The first-order chi connectivity index (χ1) is 20.4. The summed E-state index contributed by atoms with van der Waals surface area (Å²) in [5.74, 6) is -0.0301. The van der Waals surface area contributed by atoms with Crippen LogP contribution in [0, 0.1) is 13.8 Å². The van der Waals surface area contributed by atoms with Crippen molar-refractivity contribution in [2.45, 2.75) is 43.7 Å². The van der Waals surface area contributed by atoms with Crippen LogP contribution in [0.25, 0.3) is 0 Å². The number of ether oxygens (including phenoxy) is 5. The van der Waals surface area contributed by atoms with Crippen LogP contribution in [0.3, 0.4) is 0 Å². The molecular weight excluding hydrogens is 552 g/mol. The number of aryl methyl sites for hydroxylation is 2. The molecule has 1 heterocycles. The maximum absolute atomic E-state index is 13.4. The van der Waals surface area contributed by atoms with Crippen molar-refractivity contribution in [3.05, 3.63) is 131 Å². The second-order valence-electron chi connectivity index (χ2n) is 10.1. The second kappa shape index (κ2) is 13.6. The van der Waals surface area contributed by atoms with Gasteiger partial charge in [0.05, 0.1) is 11.1 Å². The summed E-state index contributed by atoms with van der Waals surface area (Å²) < 4.78 is 30.8. The van der Waals surface area contributed by atoms with Crippen LogP contribution in [-0.2, 0) is 14.2 Å². The van der Waals surface area contributed by atoms with E-state index in [4.69, 9.17) is 23.7 Å². The minimum Gasteiger partial charge on any atom is -0.491 e. The standard InChI is InChI=1S/C34H32O7S/c1-22-13-17-26(18-14-22)37-21-28-29(38-27-19-15-23(2)16-20-27)30(40-32(35)24-9-5-3-6-10-24)31(34(42)39-28)41-33(36)25-11-7-4-8-12-25/h3-20,28-31,34,42H,21H2,1-2H3/t28-,29+,30+,31-,34+/m1/s1. The first-order valence-corrected chi connectivity index (χ1v) is 14.2. The Bertz CT molecular complexity index is 1460. The minimum absolute atomic E-state index is 0.0649. The van der Waals surface area contributed by atoms with E-state index in [0.29, 0.717) is 22.6 Å². The molecule has 0 N–H and O–H groups in total. The number of benzene rings is 4. The summed E-state index contributed by atoms with van der Waals surface area (Å²) in [6.45, 7) is 4.03. The molecule has 0 bridgehead atoms. The van der Waals surface area contributed by atoms with Gasteiger partial charge in [0.15, 0.2) is 18.3 Å². The molecule has 0 radical (unpaired) electrons. The molecule has 4 aromatic rings. The van der Waals surface area contributed by atoms with E-state index in [-0.39, 0.29) is 6.61 Å². The van der Waals surface area contributed by atoms with Crippen molar-refractivity contribution >= 4 is 24.6 Å². The zero-order valence-electron chi connectivity index (χ0n) is 23.3. The molecule has 4 aromatic carbocycles. The highest BCUT2D eigenvalue weighted by Gasteiger charge is 2.51. The van der Waals surface area contributed by atoms with Gasteiger partial charge >= 0.3 is 11.9 Å². The van der Waals surface area contributed by atoms with Crippen LogP contribution in [0.1, 0.15) is 31.8 Å². The first kappa shape index (κ1) is 29.2. The van der Waals surface area contributed by atoms with Crippen molar-refractivity contribution in [2.75, 3.05) is 6.61 Å². The molecule has 0 spiro atoms. The first-order valence-electron chi connectivity index (χ1n) is 13.7. The smallest absolute Gasteiger partial charge is 0.338 e. The lowest BCUT2D eigenvalue weighted by molar-refractivity contribution is -0.197. The van der Waals surface area contributed by atoms with E-state index in [2.05, 4.69) is 12.6 Å². The Morgan fingerprint density at radius 3 is 1.64 bits per heavy atom. The minimum atomic E-state index is -1.10. The zero-order chi connectivity index (χ0) is 29.5. The second-order valence-corrected chi connectivity index (χ2v) is 10.6. The topological polar surface area (TPSA) is 80.3 Å². The summed E-state index contributed by atoms with van der Waals surface area (Å²) in [5.41, 5.74) is 1.89. The van der Waals surface area contributed by atoms with E-state index < -0.39 is 41.8 Å². The number of thiol groups is 1. The highest BCUT2D eigenvalue weighted by molar-refractivity contribution is 7.80. The molecule has 7 nitrogen and oxygen atoms in total. The van der Waals surface area contributed by atoms with E-state index in [1.807, 2.05) is 62.4 Å². The predicted molar refractivity (Wildman–Crippen MR) is 161 cm³/mol. The van der Waals surface area contributed by atoms with Crippen LogP contribution in [0.2, 0.25) is 0 Å². The van der Waals surface area contributed by atoms with Crippen molar-refractivity contribution in [2.24, 2.45) is 0 Å². The van der Waals surface area contributed by atoms with Crippen LogP contribution in [0.4, 0.5) is 0 Å². The molecule has 42 heavy (non-hydrogen) atoms. The fraction of sp³-hybridized carbons (Fsp3) is 0.235. The molecule has 0 saturated carbocycles. The predicted octanol–water partition coefficient (Wildman–Crippen LogP) is 6.24. The molecular formula is C34H32O7S. The third-order valence-electron chi connectivity index (χ3n) is 6.84. The molecule has 0 aromatic heterocycles. The summed E-state index contributed by atoms with van der Waals surface area (Å²) in [6.07, 6.45) is -3.84. The largest absolute Gasteiger partial charge is 0.491 e. The van der Waals surface area contributed by atoms with Crippen LogP contribution in [0.15, 0.2) is 109 Å². The van der Waals surface area contributed by atoms with E-state index in [9.17, 15) is 9.59 Å². The van der Waals surface area contributed by atoms with Crippen molar-refractivity contribution in [1.29, 1.82) is 0 Å². The molecule has 1 aliphatic heterocycles. The molecule has 1 aliphatic rings. The Kier molecular flexibility index (Phi) is 9.46. The van der Waals surface area contributed by atoms with E-state index >= 15 is 0 Å². The highest BCUT2D eigenvalue weighted by Crippen LogP contribution is 2.33. The number of carbonyl (C=O) groups is 2. The molecule has 216 valence electrons. The number of esters is 2. The lowest BCUT2D eigenvalue weighted by atomic mass is 9.98. The Balaban J connectivity index is 1.48. The summed E-state index contributed by atoms with van der Waals surface area (Å²) in [5, 5.41) is 0. The average molecular weight is 585 g/mol. The summed E-state index contributed by atoms with van der Waals surface area (Å²) in [6, 6.07) is 32.2. The Morgan fingerprint density at radius 1 is 0.643 bits per heavy atom. The molecule has 5 rings (SSSR count). The maximum Gasteiger partial charge on any atom is 0.338 e. The van der Waals surface area contributed by atoms with Gasteiger partial charge in [-0.25, -0.2) is 9.59 Å². The third-order valence-corrected chi connectivity index (χ3v) is 7.26. The van der Waals surface area contributed by atoms with Crippen LogP contribution in [-0.4, -0.2) is 48.4 Å². The van der Waals surface area contributed by atoms with Crippen LogP contribution in [0.5, 0.6) is 11.5 Å². The summed E-state index contributed by atoms with van der Waals surface area (Å²) in [4.78, 5) is 26.5. The van der Waals surface area contributed by atoms with Crippen LogP contribution >= 0.6 is 12.6 Å². The van der Waals surface area contributed by atoms with Gasteiger partial charge in [0.1, 0.15) is 29.6 Å². The van der Waals surface area contributed by atoms with Gasteiger partial charge in [0.2, 0.25) is 0 Å². The summed E-state index contributed by atoms with van der Waals surface area (Å²) in [7, 11) is 0. The lowest BCUT2D eigenvalue weighted by Gasteiger charge is -2.43. The highest BCUT2D eigenvalue weighted by atomic mass is 32.1. The molecule has 1 saturated heterocycles. The van der Waals surface area contributed by atoms with Crippen LogP contribution < -0.4 is 9.47 Å². The summed E-state index contributed by atoms with van der Waals surface area (Å²) >= 11 is 4.64. The molecule has 1 fully saturated rings. The number of carbonyl (C=O) groups excluding carboxylic acids is 2. The number of rotatable bonds is 9. The van der Waals surface area contributed by atoms with Gasteiger partial charge in [0, 0.05) is 0 Å². The quantitative estimate of drug-likeness (QED) is 0.184. The molecule has 5 atom stereocenters. The molecule has 8 heteroatoms. The fourth-order valence-electron chi connectivity index (χ4n) is 4.55. The molecule has 0 unspecified atom stereocenters. The maximum atomic E-state index is 13.4. The Morgan fingerprint density at radius 2 is 1.12 bits per heavy atom. The normalized spacial score (nSPS) is 21.6. The van der Waals surface area contributed by atoms with Crippen molar-refractivity contribution in [1.82, 2.24) is 0 Å². The Labute approximate surface area is 250 Å². The van der Waals surface area contributed by atoms with Crippen molar-refractivity contribution in [3.63, 3.8) is 0 Å². The van der Waals surface area contributed by atoms with E-state index in [0.717, 1.165) is 11.1 Å². The molecule has 0 amide bonds. The zero-order valence-corrected chi connectivity index (χ0v) is 24.2. The lowest BCUT2D eigenvalue weighted by Crippen LogP contribution is -2.62. The van der Waals surface area contributed by atoms with Crippen molar-refractivity contribution in [3.8, 4) is 11.5 Å². The number of hydrogen-bond acceptors (Lipinski definition) is 8. The van der Waals surface area contributed by atoms with E-state index in [1.54, 1.807) is 60.7 Å². The fourth-order valence-corrected chi connectivity index (χ4v) is 4.94.